The van der Waals surface area contributed by atoms with E-state index in [2.05, 4.69) is 0 Å². The van der Waals surface area contributed by atoms with Crippen molar-refractivity contribution in [3.05, 3.63) is 76.3 Å². The fourth-order valence-electron chi connectivity index (χ4n) is 3.59. The van der Waals surface area contributed by atoms with Gasteiger partial charge in [-0.15, -0.1) is 0 Å². The third-order valence-corrected chi connectivity index (χ3v) is 5.31. The molecule has 6 nitrogen and oxygen atoms in total. The molecule has 30 heavy (non-hydrogen) atoms. The average molecular weight is 428 g/mol. The van der Waals surface area contributed by atoms with Gasteiger partial charge in [0.2, 0.25) is 0 Å². The Morgan fingerprint density at radius 3 is 2.23 bits per heavy atom. The number of Topliss-reactive ketones (excluding diaryl/α,β-unsaturated/α-hetero) is 1. The quantitative estimate of drug-likeness (QED) is 0.281. The van der Waals surface area contributed by atoms with Crippen molar-refractivity contribution >= 4 is 35.0 Å². The molecule has 1 aliphatic heterocycles. The number of carbonyl (C=O) groups is 3. The topological polar surface area (TPSA) is 94.9 Å². The third kappa shape index (κ3) is 4.71. The van der Waals surface area contributed by atoms with Gasteiger partial charge in [-0.3, -0.25) is 14.4 Å². The lowest BCUT2D eigenvalue weighted by atomic mass is 9.95. The molecular formula is C23H22ClNO5. The van der Waals surface area contributed by atoms with Gasteiger partial charge in [0, 0.05) is 23.6 Å². The predicted octanol–water partition coefficient (Wildman–Crippen LogP) is 4.41. The van der Waals surface area contributed by atoms with Gasteiger partial charge in [-0.1, -0.05) is 60.5 Å². The average Bonchev–Trinajstić information content (AvgIpc) is 2.99. The summed E-state index contributed by atoms with van der Waals surface area (Å²) in [4.78, 5) is 37.8. The van der Waals surface area contributed by atoms with Crippen molar-refractivity contribution in [2.75, 3.05) is 6.54 Å². The lowest BCUT2D eigenvalue weighted by Crippen LogP contribution is -2.30. The molecule has 1 aliphatic rings. The molecule has 1 atom stereocenters. The van der Waals surface area contributed by atoms with Gasteiger partial charge < -0.3 is 15.1 Å². The summed E-state index contributed by atoms with van der Waals surface area (Å²) in [6.07, 6.45) is 1.72. The summed E-state index contributed by atoms with van der Waals surface area (Å²) in [5.41, 5.74) is 1.16. The number of nitrogens with zero attached hydrogens (tertiary/aromatic N) is 1. The van der Waals surface area contributed by atoms with Crippen molar-refractivity contribution in [2.24, 2.45) is 0 Å². The number of halogens is 1. The molecule has 0 radical (unpaired) electrons. The van der Waals surface area contributed by atoms with E-state index in [9.17, 15) is 19.5 Å². The number of amides is 1. The van der Waals surface area contributed by atoms with Crippen molar-refractivity contribution in [2.45, 2.75) is 31.7 Å². The molecule has 0 spiro atoms. The van der Waals surface area contributed by atoms with E-state index in [1.807, 2.05) is 0 Å². The van der Waals surface area contributed by atoms with Gasteiger partial charge in [0.25, 0.3) is 11.7 Å². The Bertz CT molecular complexity index is 969. The normalized spacial score (nSPS) is 18.0. The van der Waals surface area contributed by atoms with Crippen molar-refractivity contribution in [3.63, 3.8) is 0 Å². The summed E-state index contributed by atoms with van der Waals surface area (Å²) in [6.45, 7) is 0.281. The number of benzene rings is 2. The summed E-state index contributed by atoms with van der Waals surface area (Å²) >= 11 is 5.99. The molecule has 0 aliphatic carbocycles. The Morgan fingerprint density at radius 1 is 0.933 bits per heavy atom. The van der Waals surface area contributed by atoms with Crippen LogP contribution in [-0.4, -0.2) is 39.3 Å². The molecule has 7 heteroatoms. The highest BCUT2D eigenvalue weighted by Gasteiger charge is 2.45. The van der Waals surface area contributed by atoms with Crippen LogP contribution in [0.5, 0.6) is 0 Å². The van der Waals surface area contributed by atoms with Crippen LogP contribution in [0.3, 0.4) is 0 Å². The minimum Gasteiger partial charge on any atom is -0.507 e. The second-order valence-corrected chi connectivity index (χ2v) is 7.55. The Labute approximate surface area is 179 Å². The molecule has 2 N–H and O–H groups in total. The Balaban J connectivity index is 1.95. The van der Waals surface area contributed by atoms with Gasteiger partial charge in [-0.25, -0.2) is 0 Å². The molecule has 0 unspecified atom stereocenters. The molecular weight excluding hydrogens is 406 g/mol. The molecule has 1 heterocycles. The molecule has 2 aromatic rings. The Kier molecular flexibility index (Phi) is 6.90. The first-order chi connectivity index (χ1) is 14.4. The van der Waals surface area contributed by atoms with Crippen LogP contribution in [0.25, 0.3) is 5.76 Å². The predicted molar refractivity (Wildman–Crippen MR) is 113 cm³/mol. The smallest absolute Gasteiger partial charge is 0.303 e. The van der Waals surface area contributed by atoms with E-state index in [1.54, 1.807) is 54.6 Å². The van der Waals surface area contributed by atoms with Crippen molar-refractivity contribution in [3.8, 4) is 0 Å². The van der Waals surface area contributed by atoms with Gasteiger partial charge >= 0.3 is 5.97 Å². The Hall–Kier alpha value is -3.12. The number of aliphatic hydroxyl groups is 1. The maximum absolute atomic E-state index is 12.8. The first-order valence-electron chi connectivity index (χ1n) is 9.71. The largest absolute Gasteiger partial charge is 0.507 e. The first-order valence-corrected chi connectivity index (χ1v) is 10.1. The number of rotatable bonds is 8. The van der Waals surface area contributed by atoms with Crippen LogP contribution in [-0.2, 0) is 14.4 Å². The van der Waals surface area contributed by atoms with Crippen LogP contribution in [0.15, 0.2) is 60.2 Å². The number of ketones is 1. The summed E-state index contributed by atoms with van der Waals surface area (Å²) in [7, 11) is 0. The number of aliphatic carboxylic acids is 1. The summed E-state index contributed by atoms with van der Waals surface area (Å²) in [5.74, 6) is -2.49. The number of carboxylic acids is 1. The minimum absolute atomic E-state index is 0.0408. The van der Waals surface area contributed by atoms with E-state index >= 15 is 0 Å². The van der Waals surface area contributed by atoms with Crippen molar-refractivity contribution in [1.29, 1.82) is 0 Å². The number of hydrogen-bond donors (Lipinski definition) is 2. The molecule has 0 aromatic heterocycles. The van der Waals surface area contributed by atoms with Gasteiger partial charge in [0.1, 0.15) is 5.76 Å². The number of aliphatic hydroxyl groups excluding tert-OH is 1. The van der Waals surface area contributed by atoms with E-state index in [-0.39, 0.29) is 24.3 Å². The van der Waals surface area contributed by atoms with E-state index in [0.29, 0.717) is 35.4 Å². The number of likely N-dealkylation sites (tertiary alicyclic amines) is 1. The van der Waals surface area contributed by atoms with Crippen molar-refractivity contribution in [1.82, 2.24) is 4.90 Å². The van der Waals surface area contributed by atoms with E-state index in [0.717, 1.165) is 0 Å². The fourth-order valence-corrected chi connectivity index (χ4v) is 3.71. The number of carboxylic acid groups (broad SMARTS) is 1. The third-order valence-electron chi connectivity index (χ3n) is 5.06. The molecule has 156 valence electrons. The second kappa shape index (κ2) is 9.59. The zero-order valence-electron chi connectivity index (χ0n) is 16.3. The van der Waals surface area contributed by atoms with Crippen LogP contribution in [0, 0.1) is 0 Å². The van der Waals surface area contributed by atoms with Crippen LogP contribution in [0.4, 0.5) is 0 Å². The van der Waals surface area contributed by atoms with Crippen LogP contribution in [0.2, 0.25) is 5.02 Å². The molecule has 3 rings (SSSR count). The summed E-state index contributed by atoms with van der Waals surface area (Å²) < 4.78 is 0. The second-order valence-electron chi connectivity index (χ2n) is 7.11. The van der Waals surface area contributed by atoms with E-state index < -0.39 is 23.7 Å². The highest BCUT2D eigenvalue weighted by molar-refractivity contribution is 6.46. The van der Waals surface area contributed by atoms with Gasteiger partial charge in [0.05, 0.1) is 11.6 Å². The monoisotopic (exact) mass is 427 g/mol. The fraction of sp³-hybridized carbons (Fsp3) is 0.261. The highest BCUT2D eigenvalue weighted by Crippen LogP contribution is 2.39. The maximum Gasteiger partial charge on any atom is 0.303 e. The van der Waals surface area contributed by atoms with Crippen LogP contribution in [0.1, 0.15) is 42.9 Å². The highest BCUT2D eigenvalue weighted by atomic mass is 35.5. The van der Waals surface area contributed by atoms with E-state index in [4.69, 9.17) is 16.7 Å². The molecule has 0 saturated carbocycles. The lowest BCUT2D eigenvalue weighted by Gasteiger charge is -2.25. The zero-order valence-corrected chi connectivity index (χ0v) is 17.0. The van der Waals surface area contributed by atoms with Crippen LogP contribution >= 0.6 is 11.6 Å². The zero-order chi connectivity index (χ0) is 21.7. The SMILES string of the molecule is O=C(O)CCCCCN1C(=O)C(=O)/C(=C(/O)c2ccccc2)[C@H]1c1ccc(Cl)cc1. The molecule has 2 aromatic carbocycles. The molecule has 1 amide bonds. The number of hydrogen-bond acceptors (Lipinski definition) is 4. The molecule has 1 fully saturated rings. The molecule has 1 saturated heterocycles. The first kappa shape index (κ1) is 21.6. The lowest BCUT2D eigenvalue weighted by molar-refractivity contribution is -0.140. The standard InChI is InChI=1S/C23H22ClNO5/c24-17-12-10-15(11-13-17)20-19(21(28)16-7-3-1-4-8-16)22(29)23(30)25(20)14-6-2-5-9-18(26)27/h1,3-4,7-8,10-13,20,28H,2,5-6,9,14H2,(H,26,27)/b21-19+/t20-/m1/s1. The summed E-state index contributed by atoms with van der Waals surface area (Å²) in [6, 6.07) is 14.7. The van der Waals surface area contributed by atoms with Gasteiger partial charge in [-0.05, 0) is 30.5 Å². The number of unbranched alkanes of at least 4 members (excludes halogenated alkanes) is 2. The summed E-state index contributed by atoms with van der Waals surface area (Å²) in [5, 5.41) is 20.2. The Morgan fingerprint density at radius 2 is 1.60 bits per heavy atom. The minimum atomic E-state index is -0.862. The van der Waals surface area contributed by atoms with E-state index in [1.165, 1.54) is 4.90 Å². The number of carbonyl (C=O) groups excluding carboxylic acids is 2. The van der Waals surface area contributed by atoms with Gasteiger partial charge in [0.15, 0.2) is 0 Å². The van der Waals surface area contributed by atoms with Crippen LogP contribution < -0.4 is 0 Å². The maximum atomic E-state index is 12.8. The van der Waals surface area contributed by atoms with Crippen molar-refractivity contribution < 1.29 is 24.6 Å². The van der Waals surface area contributed by atoms with Gasteiger partial charge in [-0.2, -0.15) is 0 Å². The molecule has 0 bridgehead atoms.